The van der Waals surface area contributed by atoms with E-state index in [2.05, 4.69) is 0 Å². The summed E-state index contributed by atoms with van der Waals surface area (Å²) in [6.07, 6.45) is -0.322. The Morgan fingerprint density at radius 3 is 2.62 bits per heavy atom. The minimum atomic E-state index is -1.55. The summed E-state index contributed by atoms with van der Waals surface area (Å²) in [5, 5.41) is 39.3. The van der Waals surface area contributed by atoms with Crippen LogP contribution in [0.2, 0.25) is 0 Å². The molecule has 0 unspecified atom stereocenters. The molecule has 1 aromatic rings. The predicted octanol–water partition coefficient (Wildman–Crippen LogP) is 1.05. The SMILES string of the molecule is C[C@@H]1C/C=C\C(=O)[C@@H](O)[C@@H](O)CCCOc2cc(O)cc(O)c2C(=O)O1. The van der Waals surface area contributed by atoms with E-state index in [0.717, 1.165) is 12.1 Å². The Balaban J connectivity index is 2.29. The van der Waals surface area contributed by atoms with Gasteiger partial charge in [0.2, 0.25) is 0 Å². The summed E-state index contributed by atoms with van der Waals surface area (Å²) < 4.78 is 10.6. The minimum Gasteiger partial charge on any atom is -0.508 e. The fourth-order valence-corrected chi connectivity index (χ4v) is 2.49. The summed E-state index contributed by atoms with van der Waals surface area (Å²) in [5.74, 6) is -2.31. The molecule has 142 valence electrons. The number of carbonyl (C=O) groups is 2. The molecule has 0 bridgehead atoms. The first-order valence-electron chi connectivity index (χ1n) is 8.26. The summed E-state index contributed by atoms with van der Waals surface area (Å²) in [4.78, 5) is 24.1. The summed E-state index contributed by atoms with van der Waals surface area (Å²) >= 11 is 0. The van der Waals surface area contributed by atoms with Gasteiger partial charge in [-0.3, -0.25) is 4.79 Å². The van der Waals surface area contributed by atoms with Crippen LogP contribution in [0.3, 0.4) is 0 Å². The van der Waals surface area contributed by atoms with Crippen LogP contribution >= 0.6 is 0 Å². The number of aromatic hydroxyl groups is 2. The highest BCUT2D eigenvalue weighted by atomic mass is 16.5. The number of aliphatic hydroxyl groups is 2. The zero-order valence-corrected chi connectivity index (χ0v) is 14.3. The molecule has 1 aliphatic heterocycles. The van der Waals surface area contributed by atoms with Crippen molar-refractivity contribution in [3.63, 3.8) is 0 Å². The van der Waals surface area contributed by atoms with Crippen molar-refractivity contribution in [3.8, 4) is 17.2 Å². The standard InChI is InChI=1S/C18H22O8/c1-10-4-2-5-12(20)17(23)13(21)6-3-7-25-15-9-11(19)8-14(22)16(15)18(24)26-10/h2,5,8-10,13,17,19,21-23H,3-4,6-7H2,1H3/b5-2-/t10-,13+,17-/m1/s1. The van der Waals surface area contributed by atoms with Crippen molar-refractivity contribution in [2.24, 2.45) is 0 Å². The highest BCUT2D eigenvalue weighted by Gasteiger charge is 2.25. The molecular weight excluding hydrogens is 344 g/mol. The van der Waals surface area contributed by atoms with E-state index in [1.165, 1.54) is 12.1 Å². The second kappa shape index (κ2) is 8.68. The van der Waals surface area contributed by atoms with Crippen LogP contribution in [0.15, 0.2) is 24.3 Å². The number of ether oxygens (including phenoxy) is 2. The molecule has 0 radical (unpaired) electrons. The number of rotatable bonds is 0. The van der Waals surface area contributed by atoms with Gasteiger partial charge < -0.3 is 29.9 Å². The third-order valence-electron chi connectivity index (χ3n) is 3.89. The first kappa shape index (κ1) is 19.7. The average Bonchev–Trinajstić information content (AvgIpc) is 2.56. The summed E-state index contributed by atoms with van der Waals surface area (Å²) in [6, 6.07) is 2.18. The lowest BCUT2D eigenvalue weighted by Gasteiger charge is -2.16. The van der Waals surface area contributed by atoms with E-state index in [9.17, 15) is 30.0 Å². The van der Waals surface area contributed by atoms with Crippen molar-refractivity contribution in [3.05, 3.63) is 29.8 Å². The molecule has 4 N–H and O–H groups in total. The Bertz CT molecular complexity index is 697. The molecule has 0 aromatic heterocycles. The topological polar surface area (TPSA) is 134 Å². The van der Waals surface area contributed by atoms with Crippen LogP contribution < -0.4 is 4.74 Å². The Labute approximate surface area is 150 Å². The maximum atomic E-state index is 12.3. The van der Waals surface area contributed by atoms with Gasteiger partial charge in [-0.05, 0) is 25.8 Å². The van der Waals surface area contributed by atoms with Crippen LogP contribution in [0.5, 0.6) is 17.2 Å². The minimum absolute atomic E-state index is 0.0204. The smallest absolute Gasteiger partial charge is 0.346 e. The van der Waals surface area contributed by atoms with Crippen molar-refractivity contribution in [1.82, 2.24) is 0 Å². The Kier molecular flexibility index (Phi) is 6.59. The normalized spacial score (nSPS) is 26.7. The lowest BCUT2D eigenvalue weighted by molar-refractivity contribution is -0.128. The Morgan fingerprint density at radius 1 is 1.15 bits per heavy atom. The number of esters is 1. The van der Waals surface area contributed by atoms with Crippen LogP contribution in [0, 0.1) is 0 Å². The van der Waals surface area contributed by atoms with Crippen molar-refractivity contribution in [1.29, 1.82) is 0 Å². The first-order valence-corrected chi connectivity index (χ1v) is 8.26. The average molecular weight is 366 g/mol. The molecule has 0 aliphatic carbocycles. The van der Waals surface area contributed by atoms with Crippen molar-refractivity contribution < 1.29 is 39.5 Å². The molecule has 1 heterocycles. The van der Waals surface area contributed by atoms with Gasteiger partial charge in [-0.2, -0.15) is 0 Å². The number of phenolic OH excluding ortho intramolecular Hbond substituents is 2. The molecule has 2 rings (SSSR count). The summed E-state index contributed by atoms with van der Waals surface area (Å²) in [7, 11) is 0. The first-order chi connectivity index (χ1) is 12.3. The molecule has 0 fully saturated rings. The molecule has 0 amide bonds. The van der Waals surface area contributed by atoms with Gasteiger partial charge in [-0.15, -0.1) is 0 Å². The van der Waals surface area contributed by atoms with Crippen molar-refractivity contribution in [2.75, 3.05) is 6.61 Å². The number of cyclic esters (lactones) is 1. The van der Waals surface area contributed by atoms with Gasteiger partial charge in [0.15, 0.2) is 5.78 Å². The van der Waals surface area contributed by atoms with Gasteiger partial charge in [0.05, 0.1) is 12.7 Å². The van der Waals surface area contributed by atoms with Crippen LogP contribution in [-0.4, -0.2) is 57.1 Å². The second-order valence-corrected chi connectivity index (χ2v) is 6.10. The molecule has 1 aliphatic rings. The van der Waals surface area contributed by atoms with E-state index in [1.807, 2.05) is 0 Å². The Hall–Kier alpha value is -2.58. The molecule has 8 heteroatoms. The highest BCUT2D eigenvalue weighted by Crippen LogP contribution is 2.34. The largest absolute Gasteiger partial charge is 0.508 e. The lowest BCUT2D eigenvalue weighted by atomic mass is 10.0. The predicted molar refractivity (Wildman–Crippen MR) is 90.2 cm³/mol. The van der Waals surface area contributed by atoms with E-state index in [-0.39, 0.29) is 42.9 Å². The Morgan fingerprint density at radius 2 is 1.88 bits per heavy atom. The van der Waals surface area contributed by atoms with E-state index in [0.29, 0.717) is 0 Å². The monoisotopic (exact) mass is 366 g/mol. The van der Waals surface area contributed by atoms with Gasteiger partial charge in [0.25, 0.3) is 0 Å². The third-order valence-corrected chi connectivity index (χ3v) is 3.89. The van der Waals surface area contributed by atoms with Crippen LogP contribution in [0.1, 0.15) is 36.5 Å². The van der Waals surface area contributed by atoms with Crippen LogP contribution in [-0.2, 0) is 9.53 Å². The van der Waals surface area contributed by atoms with Gasteiger partial charge in [-0.1, -0.05) is 6.08 Å². The zero-order valence-electron chi connectivity index (χ0n) is 14.3. The molecule has 0 spiro atoms. The quantitative estimate of drug-likeness (QED) is 0.501. The molecule has 3 atom stereocenters. The van der Waals surface area contributed by atoms with E-state index in [1.54, 1.807) is 6.92 Å². The summed E-state index contributed by atoms with van der Waals surface area (Å²) in [6.45, 7) is 1.61. The van der Waals surface area contributed by atoms with Gasteiger partial charge in [0, 0.05) is 18.6 Å². The number of hydrogen-bond acceptors (Lipinski definition) is 8. The lowest BCUT2D eigenvalue weighted by Crippen LogP contribution is -2.33. The number of ketones is 1. The van der Waals surface area contributed by atoms with Gasteiger partial charge in [0.1, 0.15) is 35.0 Å². The fraction of sp³-hybridized carbons (Fsp3) is 0.444. The van der Waals surface area contributed by atoms with E-state index in [4.69, 9.17) is 9.47 Å². The van der Waals surface area contributed by atoms with Gasteiger partial charge in [-0.25, -0.2) is 4.79 Å². The number of benzene rings is 1. The zero-order chi connectivity index (χ0) is 19.3. The summed E-state index contributed by atoms with van der Waals surface area (Å²) in [5.41, 5.74) is -0.217. The molecule has 0 saturated carbocycles. The number of hydrogen-bond donors (Lipinski definition) is 4. The maximum Gasteiger partial charge on any atom is 0.346 e. The third kappa shape index (κ3) is 4.96. The molecule has 8 nitrogen and oxygen atoms in total. The molecule has 1 aromatic carbocycles. The van der Waals surface area contributed by atoms with Crippen molar-refractivity contribution >= 4 is 11.8 Å². The van der Waals surface area contributed by atoms with Crippen LogP contribution in [0.4, 0.5) is 0 Å². The maximum absolute atomic E-state index is 12.3. The number of phenols is 2. The van der Waals surface area contributed by atoms with Gasteiger partial charge >= 0.3 is 5.97 Å². The molecule has 26 heavy (non-hydrogen) atoms. The number of fused-ring (bicyclic) bond motifs is 1. The highest BCUT2D eigenvalue weighted by molar-refractivity contribution is 5.96. The van der Waals surface area contributed by atoms with E-state index >= 15 is 0 Å². The van der Waals surface area contributed by atoms with E-state index < -0.39 is 35.8 Å². The number of carbonyl (C=O) groups excluding carboxylic acids is 2. The molecule has 0 saturated heterocycles. The second-order valence-electron chi connectivity index (χ2n) is 6.10. The van der Waals surface area contributed by atoms with Crippen LogP contribution in [0.25, 0.3) is 0 Å². The number of aliphatic hydroxyl groups excluding tert-OH is 2. The fourth-order valence-electron chi connectivity index (χ4n) is 2.49. The molecular formula is C18H22O8. The van der Waals surface area contributed by atoms with Crippen molar-refractivity contribution in [2.45, 2.75) is 44.5 Å².